The molecule has 0 aliphatic heterocycles. The molecule has 7 nitrogen and oxygen atoms in total. The van der Waals surface area contributed by atoms with E-state index in [-0.39, 0.29) is 30.0 Å². The van der Waals surface area contributed by atoms with Gasteiger partial charge in [0.2, 0.25) is 11.8 Å². The monoisotopic (exact) mass is 455 g/mol. The molecule has 9 heteroatoms. The van der Waals surface area contributed by atoms with Crippen LogP contribution in [0.2, 0.25) is 0 Å². The number of carbonyl (C=O) groups is 3. The summed E-state index contributed by atoms with van der Waals surface area (Å²) >= 11 is 1.15. The SMILES string of the molecule is CC(SCC(=O)Nc1ccc(F)cc1)C(=O)Nc1ccccc1C(=O)NCc1ccco1. The number of rotatable bonds is 9. The number of anilines is 2. The third kappa shape index (κ3) is 6.71. The van der Waals surface area contributed by atoms with E-state index in [4.69, 9.17) is 4.42 Å². The highest BCUT2D eigenvalue weighted by molar-refractivity contribution is 8.01. The summed E-state index contributed by atoms with van der Waals surface area (Å²) in [4.78, 5) is 37.2. The third-order valence-corrected chi connectivity index (χ3v) is 5.54. The molecular weight excluding hydrogens is 433 g/mol. The van der Waals surface area contributed by atoms with Crippen LogP contribution >= 0.6 is 11.8 Å². The Morgan fingerprint density at radius 2 is 1.75 bits per heavy atom. The van der Waals surface area contributed by atoms with Crippen LogP contribution in [0.25, 0.3) is 0 Å². The molecule has 2 aromatic carbocycles. The molecule has 1 heterocycles. The molecule has 0 radical (unpaired) electrons. The van der Waals surface area contributed by atoms with E-state index in [1.807, 2.05) is 0 Å². The zero-order valence-electron chi connectivity index (χ0n) is 17.3. The number of hydrogen-bond donors (Lipinski definition) is 3. The van der Waals surface area contributed by atoms with Gasteiger partial charge in [-0.05, 0) is 55.5 Å². The molecule has 1 aromatic heterocycles. The Balaban J connectivity index is 1.51. The summed E-state index contributed by atoms with van der Waals surface area (Å²) in [5.74, 6) is -0.732. The average molecular weight is 456 g/mol. The normalized spacial score (nSPS) is 11.4. The maximum absolute atomic E-state index is 12.9. The zero-order valence-corrected chi connectivity index (χ0v) is 18.1. The highest BCUT2D eigenvalue weighted by Crippen LogP contribution is 2.19. The van der Waals surface area contributed by atoms with Gasteiger partial charge in [-0.2, -0.15) is 0 Å². The van der Waals surface area contributed by atoms with Crippen molar-refractivity contribution in [3.8, 4) is 0 Å². The van der Waals surface area contributed by atoms with Crippen molar-refractivity contribution in [3.05, 3.63) is 84.1 Å². The lowest BCUT2D eigenvalue weighted by Crippen LogP contribution is -2.28. The standard InChI is InChI=1S/C23H22FN3O4S/c1-15(32-14-21(28)26-17-10-8-16(24)9-11-17)22(29)27-20-7-3-2-6-19(20)23(30)25-13-18-5-4-12-31-18/h2-12,15H,13-14H2,1H3,(H,25,30)(H,26,28)(H,27,29). The van der Waals surface area contributed by atoms with Gasteiger partial charge in [0.05, 0.1) is 35.1 Å². The van der Waals surface area contributed by atoms with Gasteiger partial charge >= 0.3 is 0 Å². The summed E-state index contributed by atoms with van der Waals surface area (Å²) in [6.45, 7) is 1.90. The largest absolute Gasteiger partial charge is 0.467 e. The van der Waals surface area contributed by atoms with Crippen LogP contribution in [0, 0.1) is 5.82 Å². The summed E-state index contributed by atoms with van der Waals surface area (Å²) in [6, 6.07) is 15.6. The maximum Gasteiger partial charge on any atom is 0.253 e. The van der Waals surface area contributed by atoms with Gasteiger partial charge in [0.15, 0.2) is 0 Å². The number of thioether (sulfide) groups is 1. The Bertz CT molecular complexity index is 1070. The molecule has 0 aliphatic rings. The highest BCUT2D eigenvalue weighted by atomic mass is 32.2. The maximum atomic E-state index is 12.9. The Morgan fingerprint density at radius 1 is 1.00 bits per heavy atom. The molecule has 3 aromatic rings. The fourth-order valence-corrected chi connectivity index (χ4v) is 3.39. The van der Waals surface area contributed by atoms with E-state index in [1.165, 1.54) is 30.5 Å². The van der Waals surface area contributed by atoms with E-state index in [2.05, 4.69) is 16.0 Å². The van der Waals surface area contributed by atoms with Gasteiger partial charge in [0.25, 0.3) is 5.91 Å². The van der Waals surface area contributed by atoms with Crippen LogP contribution in [-0.2, 0) is 16.1 Å². The van der Waals surface area contributed by atoms with Crippen LogP contribution in [0.1, 0.15) is 23.0 Å². The summed E-state index contributed by atoms with van der Waals surface area (Å²) in [5, 5.41) is 7.59. The molecule has 0 bridgehead atoms. The van der Waals surface area contributed by atoms with Crippen LogP contribution in [0.5, 0.6) is 0 Å². The number of hydrogen-bond acceptors (Lipinski definition) is 5. The van der Waals surface area contributed by atoms with Gasteiger partial charge in [-0.1, -0.05) is 12.1 Å². The van der Waals surface area contributed by atoms with Crippen LogP contribution in [0.3, 0.4) is 0 Å². The van der Waals surface area contributed by atoms with Crippen LogP contribution in [0.4, 0.5) is 15.8 Å². The molecule has 3 amide bonds. The van der Waals surface area contributed by atoms with E-state index in [0.29, 0.717) is 22.7 Å². The van der Waals surface area contributed by atoms with Crippen molar-refractivity contribution in [2.45, 2.75) is 18.7 Å². The van der Waals surface area contributed by atoms with Crippen molar-refractivity contribution < 1.29 is 23.2 Å². The smallest absolute Gasteiger partial charge is 0.253 e. The molecule has 0 saturated carbocycles. The van der Waals surface area contributed by atoms with Gasteiger partial charge in [0.1, 0.15) is 11.6 Å². The molecule has 0 spiro atoms. The van der Waals surface area contributed by atoms with Crippen molar-refractivity contribution >= 4 is 40.9 Å². The molecule has 1 unspecified atom stereocenters. The molecular formula is C23H22FN3O4S. The molecule has 32 heavy (non-hydrogen) atoms. The lowest BCUT2D eigenvalue weighted by Gasteiger charge is -2.14. The molecule has 3 rings (SSSR count). The van der Waals surface area contributed by atoms with Gasteiger partial charge in [-0.15, -0.1) is 11.8 Å². The fraction of sp³-hybridized carbons (Fsp3) is 0.174. The summed E-state index contributed by atoms with van der Waals surface area (Å²) in [5.41, 5.74) is 1.17. The topological polar surface area (TPSA) is 100 Å². The number of furan rings is 1. The molecule has 3 N–H and O–H groups in total. The first-order valence-electron chi connectivity index (χ1n) is 9.80. The Kier molecular flexibility index (Phi) is 8.04. The van der Waals surface area contributed by atoms with E-state index < -0.39 is 11.1 Å². The van der Waals surface area contributed by atoms with E-state index in [0.717, 1.165) is 11.8 Å². The Hall–Kier alpha value is -3.59. The summed E-state index contributed by atoms with van der Waals surface area (Å²) in [6.07, 6.45) is 1.52. The molecule has 0 fully saturated rings. The van der Waals surface area contributed by atoms with E-state index in [1.54, 1.807) is 43.3 Å². The second-order valence-electron chi connectivity index (χ2n) is 6.81. The van der Waals surface area contributed by atoms with Gasteiger partial charge in [0, 0.05) is 5.69 Å². The lowest BCUT2D eigenvalue weighted by molar-refractivity contribution is -0.115. The second-order valence-corrected chi connectivity index (χ2v) is 8.13. The van der Waals surface area contributed by atoms with Crippen molar-refractivity contribution in [1.29, 1.82) is 0 Å². The lowest BCUT2D eigenvalue weighted by atomic mass is 10.1. The number of para-hydroxylation sites is 1. The molecule has 0 saturated heterocycles. The van der Waals surface area contributed by atoms with Gasteiger partial charge < -0.3 is 20.4 Å². The van der Waals surface area contributed by atoms with Crippen molar-refractivity contribution in [2.75, 3.05) is 16.4 Å². The fourth-order valence-electron chi connectivity index (χ4n) is 2.71. The van der Waals surface area contributed by atoms with Crippen LogP contribution in [-0.4, -0.2) is 28.7 Å². The zero-order chi connectivity index (χ0) is 22.9. The van der Waals surface area contributed by atoms with Crippen molar-refractivity contribution in [1.82, 2.24) is 5.32 Å². The second kappa shape index (κ2) is 11.1. The van der Waals surface area contributed by atoms with Gasteiger partial charge in [-0.25, -0.2) is 4.39 Å². The average Bonchev–Trinajstić information content (AvgIpc) is 3.31. The Morgan fingerprint density at radius 3 is 2.47 bits per heavy atom. The van der Waals surface area contributed by atoms with E-state index >= 15 is 0 Å². The number of halogens is 1. The molecule has 0 aliphatic carbocycles. The first-order chi connectivity index (χ1) is 15.4. The number of amides is 3. The minimum Gasteiger partial charge on any atom is -0.467 e. The van der Waals surface area contributed by atoms with E-state index in [9.17, 15) is 18.8 Å². The quantitative estimate of drug-likeness (QED) is 0.452. The first kappa shape index (κ1) is 23.1. The number of nitrogens with one attached hydrogen (secondary N) is 3. The van der Waals surface area contributed by atoms with Crippen molar-refractivity contribution in [3.63, 3.8) is 0 Å². The number of carbonyl (C=O) groups excluding carboxylic acids is 3. The molecule has 1 atom stereocenters. The van der Waals surface area contributed by atoms with Crippen molar-refractivity contribution in [2.24, 2.45) is 0 Å². The van der Waals surface area contributed by atoms with Crippen LogP contribution < -0.4 is 16.0 Å². The predicted molar refractivity (Wildman–Crippen MR) is 122 cm³/mol. The summed E-state index contributed by atoms with van der Waals surface area (Å²) < 4.78 is 18.1. The minimum atomic E-state index is -0.548. The summed E-state index contributed by atoms with van der Waals surface area (Å²) in [7, 11) is 0. The number of benzene rings is 2. The molecule has 166 valence electrons. The highest BCUT2D eigenvalue weighted by Gasteiger charge is 2.19. The minimum absolute atomic E-state index is 0.0389. The third-order valence-electron chi connectivity index (χ3n) is 4.39. The van der Waals surface area contributed by atoms with Crippen LogP contribution in [0.15, 0.2) is 71.3 Å². The predicted octanol–water partition coefficient (Wildman–Crippen LogP) is 4.05. The van der Waals surface area contributed by atoms with Gasteiger partial charge in [-0.3, -0.25) is 14.4 Å². The first-order valence-corrected chi connectivity index (χ1v) is 10.8. The Labute approximate surface area is 188 Å².